The fourth-order valence-electron chi connectivity index (χ4n) is 1.85. The molecule has 0 spiro atoms. The fourth-order valence-corrected chi connectivity index (χ4v) is 1.85. The van der Waals surface area contributed by atoms with Gasteiger partial charge in [-0.1, -0.05) is 11.6 Å². The van der Waals surface area contributed by atoms with E-state index in [0.29, 0.717) is 6.92 Å². The molecule has 3 nitrogen and oxygen atoms in total. The zero-order valence-electron chi connectivity index (χ0n) is 11.9. The molecule has 0 aliphatic carbocycles. The molecule has 118 valence electrons. The summed E-state index contributed by atoms with van der Waals surface area (Å²) in [4.78, 5) is 3.74. The molecule has 1 atom stereocenters. The lowest BCUT2D eigenvalue weighted by molar-refractivity contribution is -0.232. The molecule has 1 unspecified atom stereocenters. The molecule has 21 heavy (non-hydrogen) atoms. The van der Waals surface area contributed by atoms with Crippen LogP contribution in [0.5, 0.6) is 5.75 Å². The van der Waals surface area contributed by atoms with Crippen molar-refractivity contribution >= 4 is 5.71 Å². The number of phenolic OH excluding ortho intramolecular Hbond substituents is 1. The minimum absolute atomic E-state index is 0.0819. The van der Waals surface area contributed by atoms with Crippen molar-refractivity contribution in [3.05, 3.63) is 29.3 Å². The third-order valence-electron chi connectivity index (χ3n) is 3.24. The first kappa shape index (κ1) is 17.4. The maximum absolute atomic E-state index is 13.4. The van der Waals surface area contributed by atoms with Crippen LogP contribution in [0.25, 0.3) is 0 Å². The maximum Gasteiger partial charge on any atom is 0.335 e. The van der Waals surface area contributed by atoms with Crippen LogP contribution >= 0.6 is 0 Å². The Hall–Kier alpha value is -1.63. The molecule has 0 aliphatic rings. The summed E-state index contributed by atoms with van der Waals surface area (Å²) in [5, 5.41) is 19.5. The van der Waals surface area contributed by atoms with Crippen LogP contribution in [-0.4, -0.2) is 40.9 Å². The summed E-state index contributed by atoms with van der Waals surface area (Å²) in [5.41, 5.74) is -2.22. The SMILES string of the molecule is C/N=C(\CC(C)(O)C(F)(F)C(F)F)c1cc(C)ccc1O. The minimum atomic E-state index is -4.59. The van der Waals surface area contributed by atoms with Gasteiger partial charge >= 0.3 is 12.3 Å². The Labute approximate surface area is 119 Å². The predicted octanol–water partition coefficient (Wildman–Crippen LogP) is 3.16. The molecule has 0 fully saturated rings. The molecule has 0 bridgehead atoms. The molecular formula is C14H17F4NO2. The molecule has 2 N–H and O–H groups in total. The van der Waals surface area contributed by atoms with Gasteiger partial charge in [-0.3, -0.25) is 4.99 Å². The number of alkyl halides is 4. The summed E-state index contributed by atoms with van der Waals surface area (Å²) in [5.74, 6) is -4.82. The van der Waals surface area contributed by atoms with E-state index in [2.05, 4.69) is 4.99 Å². The van der Waals surface area contributed by atoms with Gasteiger partial charge in [-0.2, -0.15) is 8.78 Å². The summed E-state index contributed by atoms with van der Waals surface area (Å²) in [6.07, 6.45) is -4.82. The van der Waals surface area contributed by atoms with Crippen molar-refractivity contribution in [3.63, 3.8) is 0 Å². The molecule has 0 saturated carbocycles. The number of aliphatic imine (C=N–C) groups is 1. The Bertz CT molecular complexity index is 542. The van der Waals surface area contributed by atoms with E-state index in [4.69, 9.17) is 0 Å². The zero-order valence-corrected chi connectivity index (χ0v) is 11.9. The molecule has 0 saturated heterocycles. The lowest BCUT2D eigenvalue weighted by atomic mass is 9.88. The van der Waals surface area contributed by atoms with E-state index in [0.717, 1.165) is 5.56 Å². The molecule has 1 rings (SSSR count). The van der Waals surface area contributed by atoms with E-state index < -0.39 is 24.4 Å². The van der Waals surface area contributed by atoms with Gasteiger partial charge in [-0.25, -0.2) is 8.78 Å². The lowest BCUT2D eigenvalue weighted by Crippen LogP contribution is -2.51. The summed E-state index contributed by atoms with van der Waals surface area (Å²) in [6, 6.07) is 4.42. The summed E-state index contributed by atoms with van der Waals surface area (Å²) in [7, 11) is 1.27. The van der Waals surface area contributed by atoms with Gasteiger partial charge in [0, 0.05) is 24.7 Å². The highest BCUT2D eigenvalue weighted by atomic mass is 19.3. The number of phenols is 1. The number of aromatic hydroxyl groups is 1. The first-order valence-corrected chi connectivity index (χ1v) is 6.17. The summed E-state index contributed by atoms with van der Waals surface area (Å²) in [6.45, 7) is 2.33. The van der Waals surface area contributed by atoms with Crippen molar-refractivity contribution in [2.45, 2.75) is 38.2 Å². The van der Waals surface area contributed by atoms with Gasteiger partial charge in [-0.15, -0.1) is 0 Å². The van der Waals surface area contributed by atoms with E-state index >= 15 is 0 Å². The smallest absolute Gasteiger partial charge is 0.335 e. The van der Waals surface area contributed by atoms with Gasteiger partial charge < -0.3 is 10.2 Å². The van der Waals surface area contributed by atoms with Crippen LogP contribution in [0, 0.1) is 6.92 Å². The van der Waals surface area contributed by atoms with E-state index in [-0.39, 0.29) is 17.0 Å². The van der Waals surface area contributed by atoms with E-state index in [9.17, 15) is 27.8 Å². The quantitative estimate of drug-likeness (QED) is 0.648. The second-order valence-electron chi connectivity index (χ2n) is 5.07. The highest BCUT2D eigenvalue weighted by Crippen LogP contribution is 2.38. The number of halogens is 4. The zero-order chi connectivity index (χ0) is 16.4. The highest BCUT2D eigenvalue weighted by molar-refractivity contribution is 6.03. The van der Waals surface area contributed by atoms with Gasteiger partial charge in [0.2, 0.25) is 0 Å². The first-order valence-electron chi connectivity index (χ1n) is 6.17. The number of benzene rings is 1. The average molecular weight is 307 g/mol. The number of aliphatic hydroxyl groups is 1. The van der Waals surface area contributed by atoms with Gasteiger partial charge in [-0.05, 0) is 26.0 Å². The van der Waals surface area contributed by atoms with E-state index in [1.54, 1.807) is 13.0 Å². The van der Waals surface area contributed by atoms with Crippen molar-refractivity contribution in [1.82, 2.24) is 0 Å². The standard InChI is InChI=1S/C14H17F4NO2/c1-8-4-5-11(20)9(6-8)10(19-3)7-13(2,21)14(17,18)12(15)16/h4-6,12,20-21H,7H2,1-3H3/b19-10+. The third kappa shape index (κ3) is 3.53. The van der Waals surface area contributed by atoms with Crippen LogP contribution in [0.1, 0.15) is 24.5 Å². The number of aryl methyl sites for hydroxylation is 1. The van der Waals surface area contributed by atoms with Crippen molar-refractivity contribution in [2.24, 2.45) is 4.99 Å². The van der Waals surface area contributed by atoms with Crippen molar-refractivity contribution in [1.29, 1.82) is 0 Å². The topological polar surface area (TPSA) is 52.8 Å². The molecule has 0 radical (unpaired) electrons. The first-order chi connectivity index (χ1) is 9.52. The Morgan fingerprint density at radius 3 is 2.38 bits per heavy atom. The Kier molecular flexibility index (Phi) is 4.99. The second-order valence-corrected chi connectivity index (χ2v) is 5.07. The lowest BCUT2D eigenvalue weighted by Gasteiger charge is -2.32. The second kappa shape index (κ2) is 6.01. The Balaban J connectivity index is 3.17. The largest absolute Gasteiger partial charge is 0.507 e. The van der Waals surface area contributed by atoms with Gasteiger partial charge in [0.1, 0.15) is 11.4 Å². The predicted molar refractivity (Wildman–Crippen MR) is 71.5 cm³/mol. The average Bonchev–Trinajstić information content (AvgIpc) is 2.38. The van der Waals surface area contributed by atoms with Crippen LogP contribution in [0.3, 0.4) is 0 Å². The van der Waals surface area contributed by atoms with Crippen molar-refractivity contribution < 1.29 is 27.8 Å². The summed E-state index contributed by atoms with van der Waals surface area (Å²) < 4.78 is 51.6. The monoisotopic (exact) mass is 307 g/mol. The van der Waals surface area contributed by atoms with Crippen LogP contribution in [0.4, 0.5) is 17.6 Å². The van der Waals surface area contributed by atoms with Crippen molar-refractivity contribution in [2.75, 3.05) is 7.05 Å². The molecule has 0 aliphatic heterocycles. The molecule has 0 aromatic heterocycles. The Morgan fingerprint density at radius 1 is 1.33 bits per heavy atom. The molecule has 1 aromatic rings. The minimum Gasteiger partial charge on any atom is -0.507 e. The summed E-state index contributed by atoms with van der Waals surface area (Å²) >= 11 is 0. The number of hydrogen-bond donors (Lipinski definition) is 2. The normalized spacial score (nSPS) is 16.1. The number of hydrogen-bond acceptors (Lipinski definition) is 3. The third-order valence-corrected chi connectivity index (χ3v) is 3.24. The van der Waals surface area contributed by atoms with Crippen LogP contribution in [0.15, 0.2) is 23.2 Å². The fraction of sp³-hybridized carbons (Fsp3) is 0.500. The Morgan fingerprint density at radius 2 is 1.90 bits per heavy atom. The van der Waals surface area contributed by atoms with Gasteiger partial charge in [0.25, 0.3) is 0 Å². The number of rotatable bonds is 5. The molecular weight excluding hydrogens is 290 g/mol. The molecule has 1 aromatic carbocycles. The molecule has 7 heteroatoms. The van der Waals surface area contributed by atoms with E-state index in [1.807, 2.05) is 0 Å². The molecule has 0 heterocycles. The van der Waals surface area contributed by atoms with Gasteiger partial charge in [0.15, 0.2) is 0 Å². The highest BCUT2D eigenvalue weighted by Gasteiger charge is 2.56. The molecule has 0 amide bonds. The van der Waals surface area contributed by atoms with Gasteiger partial charge in [0.05, 0.1) is 0 Å². The van der Waals surface area contributed by atoms with Crippen LogP contribution in [0.2, 0.25) is 0 Å². The van der Waals surface area contributed by atoms with Crippen LogP contribution < -0.4 is 0 Å². The maximum atomic E-state index is 13.4. The van der Waals surface area contributed by atoms with E-state index in [1.165, 1.54) is 19.2 Å². The number of nitrogens with zero attached hydrogens (tertiary/aromatic N) is 1. The van der Waals surface area contributed by atoms with Crippen LogP contribution in [-0.2, 0) is 0 Å². The van der Waals surface area contributed by atoms with Crippen molar-refractivity contribution in [3.8, 4) is 5.75 Å².